The number of carbonyl (C=O) groups excluding carboxylic acids is 3. The van der Waals surface area contributed by atoms with Gasteiger partial charge >= 0.3 is 11.9 Å². The quantitative estimate of drug-likeness (QED) is 0.508. The maximum absolute atomic E-state index is 12.4. The van der Waals surface area contributed by atoms with Crippen molar-refractivity contribution in [3.8, 4) is 0 Å². The van der Waals surface area contributed by atoms with Gasteiger partial charge in [-0.05, 0) is 0 Å². The Labute approximate surface area is 152 Å². The van der Waals surface area contributed by atoms with Crippen LogP contribution in [-0.2, 0) is 26.2 Å². The number of aryl methyl sites for hydroxylation is 1. The van der Waals surface area contributed by atoms with E-state index in [0.717, 1.165) is 4.90 Å². The number of carboxylic acids is 1. The van der Waals surface area contributed by atoms with Crippen LogP contribution in [0, 0.1) is 0 Å². The molecule has 10 nitrogen and oxygen atoms in total. The first-order valence-corrected chi connectivity index (χ1v) is 8.67. The number of nitrogens with zero attached hydrogens (tertiary/aromatic N) is 3. The summed E-state index contributed by atoms with van der Waals surface area (Å²) in [6.45, 7) is 1.03. The number of rotatable bonds is 5. The minimum absolute atomic E-state index is 0.187. The molecule has 1 fully saturated rings. The average Bonchev–Trinajstić information content (AvgIpc) is 3.02. The van der Waals surface area contributed by atoms with Gasteiger partial charge in [-0.25, -0.2) is 4.79 Å². The van der Waals surface area contributed by atoms with Crippen LogP contribution in [0.1, 0.15) is 17.3 Å². The van der Waals surface area contributed by atoms with Gasteiger partial charge in [-0.3, -0.25) is 24.0 Å². The predicted molar refractivity (Wildman–Crippen MR) is 88.8 cm³/mol. The maximum atomic E-state index is 12.4. The van der Waals surface area contributed by atoms with Crippen molar-refractivity contribution in [2.45, 2.75) is 18.3 Å². The van der Waals surface area contributed by atoms with Crippen LogP contribution >= 0.6 is 11.8 Å². The Morgan fingerprint density at radius 3 is 2.77 bits per heavy atom. The lowest BCUT2D eigenvalue weighted by atomic mass is 10.0. The molecular weight excluding hydrogens is 364 g/mol. The summed E-state index contributed by atoms with van der Waals surface area (Å²) in [5, 5.41) is 15.5. The number of aliphatic carboxylic acids is 1. The summed E-state index contributed by atoms with van der Waals surface area (Å²) in [5.74, 6) is -2.50. The summed E-state index contributed by atoms with van der Waals surface area (Å²) in [6.07, 6.45) is 2.90. The Hall–Kier alpha value is -2.82. The highest BCUT2D eigenvalue weighted by Crippen LogP contribution is 2.40. The third-order valence-corrected chi connectivity index (χ3v) is 5.29. The summed E-state index contributed by atoms with van der Waals surface area (Å²) in [7, 11) is 1.67. The van der Waals surface area contributed by atoms with E-state index in [1.165, 1.54) is 35.8 Å². The molecule has 0 radical (unpaired) electrons. The number of nitrogens with one attached hydrogen (secondary N) is 1. The van der Waals surface area contributed by atoms with E-state index in [4.69, 9.17) is 4.74 Å². The van der Waals surface area contributed by atoms with Crippen molar-refractivity contribution >= 4 is 35.5 Å². The molecule has 2 N–H and O–H groups in total. The number of esters is 1. The number of ether oxygens (including phenoxy) is 1. The van der Waals surface area contributed by atoms with E-state index in [1.54, 1.807) is 7.05 Å². The number of carbonyl (C=O) groups is 4. The topological polar surface area (TPSA) is 131 Å². The van der Waals surface area contributed by atoms with Crippen LogP contribution in [-0.4, -0.2) is 67.3 Å². The minimum atomic E-state index is -1.28. The summed E-state index contributed by atoms with van der Waals surface area (Å²) in [4.78, 5) is 48.3. The van der Waals surface area contributed by atoms with Crippen molar-refractivity contribution in [2.24, 2.45) is 7.05 Å². The number of β-lactam (4-membered cyclic amide) rings is 1. The number of fused-ring (bicyclic) bond motifs is 1. The van der Waals surface area contributed by atoms with Crippen LogP contribution in [0.3, 0.4) is 0 Å². The van der Waals surface area contributed by atoms with Crippen LogP contribution in [0.25, 0.3) is 0 Å². The lowest BCUT2D eigenvalue weighted by Crippen LogP contribution is -2.70. The number of carboxylic acid groups (broad SMARTS) is 1. The molecule has 0 bridgehead atoms. The monoisotopic (exact) mass is 380 g/mol. The fourth-order valence-electron chi connectivity index (χ4n) is 2.75. The van der Waals surface area contributed by atoms with Gasteiger partial charge in [0.05, 0.1) is 11.8 Å². The highest BCUT2D eigenvalue weighted by molar-refractivity contribution is 8.00. The van der Waals surface area contributed by atoms with Crippen molar-refractivity contribution in [1.82, 2.24) is 20.0 Å². The second-order valence-corrected chi connectivity index (χ2v) is 6.91. The zero-order valence-electron chi connectivity index (χ0n) is 14.0. The smallest absolute Gasteiger partial charge is 0.352 e. The van der Waals surface area contributed by atoms with Crippen molar-refractivity contribution in [2.75, 3.05) is 12.4 Å². The SMILES string of the molecule is CC(=O)OCC1=C(C(=O)O)N2C(=O)[C@H](NC(=O)c3cnn(C)c3)[C@@H]2SC1. The van der Waals surface area contributed by atoms with Gasteiger partial charge in [0.1, 0.15) is 23.7 Å². The molecule has 2 aliphatic rings. The van der Waals surface area contributed by atoms with Gasteiger partial charge in [0.2, 0.25) is 0 Å². The number of hydrogen-bond acceptors (Lipinski definition) is 7. The lowest BCUT2D eigenvalue weighted by molar-refractivity contribution is -0.149. The Balaban J connectivity index is 1.75. The molecular formula is C15H16N4O6S. The molecule has 138 valence electrons. The Bertz CT molecular complexity index is 832. The zero-order chi connectivity index (χ0) is 19.0. The molecule has 3 rings (SSSR count). The van der Waals surface area contributed by atoms with Crippen molar-refractivity contribution in [1.29, 1.82) is 0 Å². The molecule has 0 aromatic carbocycles. The van der Waals surface area contributed by atoms with Gasteiger partial charge in [0.25, 0.3) is 11.8 Å². The summed E-state index contributed by atoms with van der Waals surface area (Å²) in [6, 6.07) is -0.822. The highest BCUT2D eigenvalue weighted by atomic mass is 32.2. The van der Waals surface area contributed by atoms with Gasteiger partial charge in [-0.2, -0.15) is 5.10 Å². The van der Waals surface area contributed by atoms with Gasteiger partial charge < -0.3 is 15.2 Å². The normalized spacial score (nSPS) is 21.8. The van der Waals surface area contributed by atoms with Crippen LogP contribution in [0.5, 0.6) is 0 Å². The molecule has 11 heteroatoms. The molecule has 2 atom stereocenters. The second-order valence-electron chi connectivity index (χ2n) is 5.80. The third kappa shape index (κ3) is 3.17. The van der Waals surface area contributed by atoms with Crippen molar-refractivity contribution in [3.63, 3.8) is 0 Å². The number of amides is 2. The summed E-state index contributed by atoms with van der Waals surface area (Å²) < 4.78 is 6.33. The Kier molecular flexibility index (Phi) is 4.72. The molecule has 3 heterocycles. The van der Waals surface area contributed by atoms with Gasteiger partial charge in [0.15, 0.2) is 0 Å². The lowest BCUT2D eigenvalue weighted by Gasteiger charge is -2.49. The van der Waals surface area contributed by atoms with E-state index in [2.05, 4.69) is 10.4 Å². The first-order chi connectivity index (χ1) is 12.3. The first kappa shape index (κ1) is 18.0. The summed E-state index contributed by atoms with van der Waals surface area (Å²) >= 11 is 1.31. The predicted octanol–water partition coefficient (Wildman–Crippen LogP) is -0.665. The molecule has 1 aromatic rings. The van der Waals surface area contributed by atoms with E-state index in [1.807, 2.05) is 0 Å². The first-order valence-electron chi connectivity index (χ1n) is 7.62. The van der Waals surface area contributed by atoms with Crippen LogP contribution in [0.4, 0.5) is 0 Å². The Morgan fingerprint density at radius 2 is 2.19 bits per heavy atom. The van der Waals surface area contributed by atoms with Crippen LogP contribution < -0.4 is 5.32 Å². The van der Waals surface area contributed by atoms with Crippen molar-refractivity contribution < 1.29 is 29.0 Å². The van der Waals surface area contributed by atoms with E-state index in [9.17, 15) is 24.3 Å². The standard InChI is InChI=1S/C15H16N4O6S/c1-7(20)25-5-9-6-26-14-10(13(22)19(14)11(9)15(23)24)17-12(21)8-3-16-18(2)4-8/h3-4,10,14H,5-6H2,1-2H3,(H,17,21)(H,23,24)/t10-,14-/m0/s1. The van der Waals surface area contributed by atoms with E-state index < -0.39 is 35.2 Å². The van der Waals surface area contributed by atoms with E-state index in [0.29, 0.717) is 11.1 Å². The molecule has 1 saturated heterocycles. The van der Waals surface area contributed by atoms with Gasteiger partial charge in [0, 0.05) is 31.5 Å². The molecule has 0 spiro atoms. The largest absolute Gasteiger partial charge is 0.477 e. The van der Waals surface area contributed by atoms with Crippen molar-refractivity contribution in [3.05, 3.63) is 29.2 Å². The molecule has 1 aromatic heterocycles. The van der Waals surface area contributed by atoms with E-state index >= 15 is 0 Å². The van der Waals surface area contributed by atoms with Crippen LogP contribution in [0.15, 0.2) is 23.7 Å². The Morgan fingerprint density at radius 1 is 1.46 bits per heavy atom. The molecule has 2 aliphatic heterocycles. The maximum Gasteiger partial charge on any atom is 0.352 e. The number of thioether (sulfide) groups is 1. The molecule has 0 saturated carbocycles. The second kappa shape index (κ2) is 6.83. The highest BCUT2D eigenvalue weighted by Gasteiger charge is 2.54. The molecule has 26 heavy (non-hydrogen) atoms. The summed E-state index contributed by atoms with van der Waals surface area (Å²) in [5.41, 5.74) is 0.468. The fourth-order valence-corrected chi connectivity index (χ4v) is 4.07. The number of hydrogen-bond donors (Lipinski definition) is 2. The minimum Gasteiger partial charge on any atom is -0.477 e. The van der Waals surface area contributed by atoms with Gasteiger partial charge in [-0.1, -0.05) is 0 Å². The van der Waals surface area contributed by atoms with Crippen LogP contribution in [0.2, 0.25) is 0 Å². The number of aromatic nitrogens is 2. The zero-order valence-corrected chi connectivity index (χ0v) is 14.8. The van der Waals surface area contributed by atoms with E-state index in [-0.39, 0.29) is 18.1 Å². The molecule has 2 amide bonds. The van der Waals surface area contributed by atoms with Gasteiger partial charge in [-0.15, -0.1) is 11.8 Å². The molecule has 0 unspecified atom stereocenters. The molecule has 0 aliphatic carbocycles. The fraction of sp³-hybridized carbons (Fsp3) is 0.400. The average molecular weight is 380 g/mol. The third-order valence-electron chi connectivity index (χ3n) is 3.95.